The zero-order valence-corrected chi connectivity index (χ0v) is 9.99. The highest BCUT2D eigenvalue weighted by molar-refractivity contribution is 9.10. The molecule has 1 aromatic heterocycles. The van der Waals surface area contributed by atoms with Gasteiger partial charge in [0.15, 0.2) is 0 Å². The van der Waals surface area contributed by atoms with Gasteiger partial charge in [0.2, 0.25) is 0 Å². The van der Waals surface area contributed by atoms with Crippen molar-refractivity contribution in [3.63, 3.8) is 0 Å². The summed E-state index contributed by atoms with van der Waals surface area (Å²) in [5, 5.41) is 14.7. The van der Waals surface area contributed by atoms with E-state index in [0.717, 1.165) is 17.4 Å². The molecule has 0 saturated heterocycles. The van der Waals surface area contributed by atoms with Crippen LogP contribution in [0.25, 0.3) is 0 Å². The van der Waals surface area contributed by atoms with E-state index in [0.29, 0.717) is 6.54 Å². The average Bonchev–Trinajstić information content (AvgIpc) is 2.48. The van der Waals surface area contributed by atoms with Crippen molar-refractivity contribution < 1.29 is 5.11 Å². The molecule has 1 heterocycles. The van der Waals surface area contributed by atoms with E-state index in [4.69, 9.17) is 0 Å². The van der Waals surface area contributed by atoms with Gasteiger partial charge in [0, 0.05) is 27.7 Å². The Morgan fingerprint density at radius 3 is 3.00 bits per heavy atom. The van der Waals surface area contributed by atoms with Crippen molar-refractivity contribution >= 4 is 27.3 Å². The molecule has 0 radical (unpaired) electrons. The summed E-state index contributed by atoms with van der Waals surface area (Å²) >= 11 is 5.06. The molecule has 0 aliphatic heterocycles. The Hall–Kier alpha value is 0.1000. The van der Waals surface area contributed by atoms with Crippen LogP contribution < -0.4 is 5.32 Å². The fraction of sp³-hybridized carbons (Fsp3) is 0.556. The summed E-state index contributed by atoms with van der Waals surface area (Å²) in [7, 11) is 0. The molecule has 0 bridgehead atoms. The Bertz CT molecular complexity index is 252. The summed E-state index contributed by atoms with van der Waals surface area (Å²) in [6, 6.07) is 2.06. The first kappa shape index (κ1) is 11.2. The third-order valence-corrected chi connectivity index (χ3v) is 3.41. The van der Waals surface area contributed by atoms with Crippen LogP contribution >= 0.6 is 27.3 Å². The molecule has 0 aliphatic rings. The van der Waals surface area contributed by atoms with Crippen LogP contribution in [0.15, 0.2) is 15.9 Å². The lowest BCUT2D eigenvalue weighted by atomic mass is 10.2. The quantitative estimate of drug-likeness (QED) is 0.852. The predicted octanol–water partition coefficient (Wildman–Crippen LogP) is 2.02. The minimum Gasteiger partial charge on any atom is -0.391 e. The summed E-state index contributed by atoms with van der Waals surface area (Å²) in [5.74, 6) is 0. The summed E-state index contributed by atoms with van der Waals surface area (Å²) in [6.45, 7) is 3.62. The highest BCUT2D eigenvalue weighted by Crippen LogP contribution is 2.20. The number of thiophene rings is 1. The number of rotatable bonds is 5. The number of aliphatic hydroxyl groups is 1. The van der Waals surface area contributed by atoms with Crippen molar-refractivity contribution in [2.75, 3.05) is 13.1 Å². The lowest BCUT2D eigenvalue weighted by Crippen LogP contribution is -2.27. The van der Waals surface area contributed by atoms with E-state index in [1.807, 2.05) is 12.3 Å². The second-order valence-corrected chi connectivity index (χ2v) is 4.81. The van der Waals surface area contributed by atoms with Gasteiger partial charge in [0.05, 0.1) is 6.10 Å². The average molecular weight is 264 g/mol. The first-order valence-electron chi connectivity index (χ1n) is 4.34. The van der Waals surface area contributed by atoms with E-state index in [2.05, 4.69) is 27.3 Å². The molecule has 13 heavy (non-hydrogen) atoms. The first-order chi connectivity index (χ1) is 6.22. The third-order valence-electron chi connectivity index (χ3n) is 1.69. The first-order valence-corrected chi connectivity index (χ1v) is 6.01. The molecule has 0 fully saturated rings. The van der Waals surface area contributed by atoms with Gasteiger partial charge >= 0.3 is 0 Å². The van der Waals surface area contributed by atoms with E-state index in [9.17, 15) is 5.11 Å². The number of nitrogens with one attached hydrogen (secondary N) is 1. The molecule has 0 spiro atoms. The van der Waals surface area contributed by atoms with Gasteiger partial charge in [-0.2, -0.15) is 0 Å². The van der Waals surface area contributed by atoms with Gasteiger partial charge in [-0.15, -0.1) is 11.3 Å². The number of hydrogen-bond acceptors (Lipinski definition) is 3. The monoisotopic (exact) mass is 263 g/mol. The van der Waals surface area contributed by atoms with Crippen LogP contribution in [0.3, 0.4) is 0 Å². The van der Waals surface area contributed by atoms with E-state index < -0.39 is 0 Å². The number of halogens is 1. The molecule has 4 heteroatoms. The van der Waals surface area contributed by atoms with Crippen LogP contribution in [0.2, 0.25) is 0 Å². The summed E-state index contributed by atoms with van der Waals surface area (Å²) in [4.78, 5) is 1.22. The molecular formula is C9H14BrNOS. The topological polar surface area (TPSA) is 32.3 Å². The van der Waals surface area contributed by atoms with Crippen molar-refractivity contribution in [1.82, 2.24) is 5.32 Å². The van der Waals surface area contributed by atoms with Crippen LogP contribution in [0.1, 0.15) is 11.8 Å². The molecule has 74 valence electrons. The zero-order valence-electron chi connectivity index (χ0n) is 7.59. The van der Waals surface area contributed by atoms with E-state index in [-0.39, 0.29) is 6.10 Å². The largest absolute Gasteiger partial charge is 0.391 e. The fourth-order valence-electron chi connectivity index (χ4n) is 1.08. The zero-order chi connectivity index (χ0) is 9.68. The van der Waals surface area contributed by atoms with Crippen LogP contribution in [-0.4, -0.2) is 24.3 Å². The van der Waals surface area contributed by atoms with Crippen molar-refractivity contribution in [1.29, 1.82) is 0 Å². The third kappa shape index (κ3) is 4.22. The molecule has 0 aliphatic carbocycles. The SMILES string of the molecule is CCNCC(O)Cc1cc(Br)cs1. The number of likely N-dealkylation sites (N-methyl/N-ethyl adjacent to an activating group) is 1. The van der Waals surface area contributed by atoms with Gasteiger partial charge in [-0.3, -0.25) is 0 Å². The Morgan fingerprint density at radius 1 is 1.69 bits per heavy atom. The molecule has 0 amide bonds. The van der Waals surface area contributed by atoms with E-state index >= 15 is 0 Å². The van der Waals surface area contributed by atoms with Crippen molar-refractivity contribution in [2.45, 2.75) is 19.4 Å². The second-order valence-electron chi connectivity index (χ2n) is 2.90. The van der Waals surface area contributed by atoms with Gasteiger partial charge in [0.25, 0.3) is 0 Å². The van der Waals surface area contributed by atoms with Crippen LogP contribution in [0.4, 0.5) is 0 Å². The highest BCUT2D eigenvalue weighted by Gasteiger charge is 2.06. The Balaban J connectivity index is 2.31. The van der Waals surface area contributed by atoms with E-state index in [1.165, 1.54) is 4.88 Å². The number of aliphatic hydroxyl groups excluding tert-OH is 1. The Kier molecular flexibility index (Phi) is 4.94. The smallest absolute Gasteiger partial charge is 0.0712 e. The standard InChI is InChI=1S/C9H14BrNOS/c1-2-11-5-8(12)4-9-3-7(10)6-13-9/h3,6,8,11-12H,2,4-5H2,1H3. The predicted molar refractivity (Wildman–Crippen MR) is 60.3 cm³/mol. The molecule has 0 aromatic carbocycles. The van der Waals surface area contributed by atoms with Gasteiger partial charge in [-0.25, -0.2) is 0 Å². The molecular weight excluding hydrogens is 250 g/mol. The van der Waals surface area contributed by atoms with Gasteiger partial charge in [0.1, 0.15) is 0 Å². The number of hydrogen-bond donors (Lipinski definition) is 2. The molecule has 2 N–H and O–H groups in total. The van der Waals surface area contributed by atoms with Gasteiger partial charge in [-0.1, -0.05) is 6.92 Å². The van der Waals surface area contributed by atoms with Crippen molar-refractivity contribution in [3.05, 3.63) is 20.8 Å². The summed E-state index contributed by atoms with van der Waals surface area (Å²) in [6.07, 6.45) is 0.467. The molecule has 1 atom stereocenters. The lowest BCUT2D eigenvalue weighted by Gasteiger charge is -2.08. The van der Waals surface area contributed by atoms with E-state index in [1.54, 1.807) is 11.3 Å². The Labute approximate surface area is 91.1 Å². The summed E-state index contributed by atoms with van der Waals surface area (Å²) in [5.41, 5.74) is 0. The highest BCUT2D eigenvalue weighted by atomic mass is 79.9. The minimum absolute atomic E-state index is 0.273. The summed E-state index contributed by atoms with van der Waals surface area (Å²) < 4.78 is 1.10. The Morgan fingerprint density at radius 2 is 2.46 bits per heavy atom. The fourth-order valence-corrected chi connectivity index (χ4v) is 2.60. The maximum Gasteiger partial charge on any atom is 0.0712 e. The van der Waals surface area contributed by atoms with Crippen LogP contribution in [-0.2, 0) is 6.42 Å². The minimum atomic E-state index is -0.273. The van der Waals surface area contributed by atoms with Crippen LogP contribution in [0.5, 0.6) is 0 Å². The maximum absolute atomic E-state index is 9.57. The van der Waals surface area contributed by atoms with Crippen molar-refractivity contribution in [2.24, 2.45) is 0 Å². The van der Waals surface area contributed by atoms with Crippen molar-refractivity contribution in [3.8, 4) is 0 Å². The molecule has 1 aromatic rings. The molecule has 1 unspecified atom stereocenters. The normalized spacial score (nSPS) is 13.2. The second kappa shape index (κ2) is 5.75. The van der Waals surface area contributed by atoms with Gasteiger partial charge < -0.3 is 10.4 Å². The molecule has 2 nitrogen and oxygen atoms in total. The molecule has 0 saturated carbocycles. The maximum atomic E-state index is 9.57. The molecule has 1 rings (SSSR count). The van der Waals surface area contributed by atoms with Crippen LogP contribution in [0, 0.1) is 0 Å². The lowest BCUT2D eigenvalue weighted by molar-refractivity contribution is 0.173. The van der Waals surface area contributed by atoms with Gasteiger partial charge in [-0.05, 0) is 28.5 Å².